The third-order valence-electron chi connectivity index (χ3n) is 4.05. The highest BCUT2D eigenvalue weighted by atomic mass is 35.5. The van der Waals surface area contributed by atoms with Gasteiger partial charge in [0, 0.05) is 17.5 Å². The van der Waals surface area contributed by atoms with Gasteiger partial charge in [-0.25, -0.2) is 13.1 Å². The predicted molar refractivity (Wildman–Crippen MR) is 100 cm³/mol. The van der Waals surface area contributed by atoms with E-state index >= 15 is 0 Å². The van der Waals surface area contributed by atoms with E-state index in [2.05, 4.69) is 4.72 Å². The normalized spacial score (nSPS) is 19.3. The molecule has 0 bridgehead atoms. The van der Waals surface area contributed by atoms with Gasteiger partial charge in [-0.2, -0.15) is 0 Å². The van der Waals surface area contributed by atoms with Crippen LogP contribution in [0, 0.1) is 0 Å². The molecular weight excluding hydrogens is 406 g/mol. The van der Waals surface area contributed by atoms with Gasteiger partial charge in [-0.3, -0.25) is 9.59 Å². The molecule has 1 aliphatic heterocycles. The number of ether oxygens (including phenoxy) is 2. The fraction of sp³-hybridized carbons (Fsp3) is 0.158. The summed E-state index contributed by atoms with van der Waals surface area (Å²) >= 11 is 6.00. The number of Topliss-reactive ketones (excluding diaryl/α,β-unsaturated/α-hetero) is 1. The van der Waals surface area contributed by atoms with Gasteiger partial charge in [0.1, 0.15) is 0 Å². The number of carbonyl (C=O) groups is 2. The Morgan fingerprint density at radius 3 is 2.43 bits per heavy atom. The second-order valence-corrected chi connectivity index (χ2v) is 8.26. The van der Waals surface area contributed by atoms with Gasteiger partial charge in [-0.1, -0.05) is 41.9 Å². The second kappa shape index (κ2) is 7.29. The third kappa shape index (κ3) is 3.74. The summed E-state index contributed by atoms with van der Waals surface area (Å²) in [5, 5.41) is 0.363. The standard InChI is InChI=1S/C19H16ClNO6S/c1-12(22)26-16-17(23)19(2,13-7-6-8-14(20)11-13)27-18(16)21-28(24,25)15-9-4-3-5-10-15/h3-11,21H,1-2H3. The van der Waals surface area contributed by atoms with Crippen LogP contribution >= 0.6 is 11.6 Å². The molecule has 1 unspecified atom stereocenters. The lowest BCUT2D eigenvalue weighted by atomic mass is 9.92. The number of hydrogen-bond acceptors (Lipinski definition) is 6. The molecule has 0 fully saturated rings. The number of ketones is 1. The lowest BCUT2D eigenvalue weighted by Crippen LogP contribution is -2.32. The zero-order chi connectivity index (χ0) is 20.5. The van der Waals surface area contributed by atoms with Crippen LogP contribution in [0.2, 0.25) is 5.02 Å². The maximum Gasteiger partial charge on any atom is 0.308 e. The van der Waals surface area contributed by atoms with E-state index in [9.17, 15) is 18.0 Å². The van der Waals surface area contributed by atoms with Gasteiger partial charge in [-0.05, 0) is 31.2 Å². The molecule has 146 valence electrons. The fourth-order valence-electron chi connectivity index (χ4n) is 2.68. The van der Waals surface area contributed by atoms with Crippen molar-refractivity contribution in [2.75, 3.05) is 0 Å². The van der Waals surface area contributed by atoms with Crippen LogP contribution in [0.25, 0.3) is 0 Å². The molecule has 1 atom stereocenters. The van der Waals surface area contributed by atoms with Crippen LogP contribution in [0.5, 0.6) is 0 Å². The molecule has 28 heavy (non-hydrogen) atoms. The second-order valence-electron chi connectivity index (χ2n) is 6.15. The molecule has 0 saturated carbocycles. The van der Waals surface area contributed by atoms with Gasteiger partial charge in [-0.15, -0.1) is 0 Å². The van der Waals surface area contributed by atoms with Crippen LogP contribution in [0.1, 0.15) is 19.4 Å². The summed E-state index contributed by atoms with van der Waals surface area (Å²) in [6, 6.07) is 13.9. The van der Waals surface area contributed by atoms with Gasteiger partial charge < -0.3 is 9.47 Å². The van der Waals surface area contributed by atoms with Gasteiger partial charge in [0.2, 0.25) is 5.76 Å². The zero-order valence-corrected chi connectivity index (χ0v) is 16.5. The highest BCUT2D eigenvalue weighted by Crippen LogP contribution is 2.39. The van der Waals surface area contributed by atoms with Gasteiger partial charge >= 0.3 is 5.97 Å². The molecule has 0 saturated heterocycles. The SMILES string of the molecule is CC(=O)OC1=C(NS(=O)(=O)c2ccccc2)OC(C)(c2cccc(Cl)c2)C1=O. The Balaban J connectivity index is 2.03. The number of sulfonamides is 1. The van der Waals surface area contributed by atoms with Gasteiger partial charge in [0.15, 0.2) is 5.60 Å². The first kappa shape index (κ1) is 19.9. The summed E-state index contributed by atoms with van der Waals surface area (Å²) in [4.78, 5) is 24.4. The maximum atomic E-state index is 13.0. The molecule has 1 N–H and O–H groups in total. The van der Waals surface area contributed by atoms with E-state index in [1.54, 1.807) is 36.4 Å². The third-order valence-corrected chi connectivity index (χ3v) is 5.64. The van der Waals surface area contributed by atoms with E-state index in [1.165, 1.54) is 25.1 Å². The van der Waals surface area contributed by atoms with E-state index < -0.39 is 39.0 Å². The summed E-state index contributed by atoms with van der Waals surface area (Å²) in [6.07, 6.45) is 0. The van der Waals surface area contributed by atoms with Crippen LogP contribution in [0.15, 0.2) is 71.1 Å². The minimum absolute atomic E-state index is 0.0444. The van der Waals surface area contributed by atoms with Crippen molar-refractivity contribution in [1.29, 1.82) is 0 Å². The van der Waals surface area contributed by atoms with Crippen molar-refractivity contribution in [1.82, 2.24) is 4.72 Å². The summed E-state index contributed by atoms with van der Waals surface area (Å²) in [6.45, 7) is 2.53. The monoisotopic (exact) mass is 421 g/mol. The smallest absolute Gasteiger partial charge is 0.308 e. The highest BCUT2D eigenvalue weighted by Gasteiger charge is 2.50. The Labute approximate surface area is 167 Å². The number of esters is 1. The van der Waals surface area contributed by atoms with Gasteiger partial charge in [0.25, 0.3) is 21.7 Å². The summed E-state index contributed by atoms with van der Waals surface area (Å²) < 4.78 is 38.1. The summed E-state index contributed by atoms with van der Waals surface area (Å²) in [7, 11) is -4.08. The van der Waals surface area contributed by atoms with Crippen molar-refractivity contribution in [3.8, 4) is 0 Å². The molecule has 2 aromatic carbocycles. The molecular formula is C19H16ClNO6S. The number of benzene rings is 2. The van der Waals surface area contributed by atoms with Crippen LogP contribution in [-0.2, 0) is 34.7 Å². The Morgan fingerprint density at radius 1 is 1.14 bits per heavy atom. The first-order valence-electron chi connectivity index (χ1n) is 8.14. The largest absolute Gasteiger partial charge is 0.456 e. The Hall–Kier alpha value is -2.84. The number of nitrogens with one attached hydrogen (secondary N) is 1. The van der Waals surface area contributed by atoms with Crippen molar-refractivity contribution in [3.63, 3.8) is 0 Å². The topological polar surface area (TPSA) is 98.8 Å². The fourth-order valence-corrected chi connectivity index (χ4v) is 3.88. The summed E-state index contributed by atoms with van der Waals surface area (Å²) in [5.41, 5.74) is -1.24. The molecule has 9 heteroatoms. The highest BCUT2D eigenvalue weighted by molar-refractivity contribution is 7.89. The summed E-state index contributed by atoms with van der Waals surface area (Å²) in [5.74, 6) is -2.49. The van der Waals surface area contributed by atoms with Crippen molar-refractivity contribution in [2.45, 2.75) is 24.3 Å². The molecule has 0 aromatic heterocycles. The molecule has 2 aromatic rings. The first-order valence-corrected chi connectivity index (χ1v) is 10.00. The Kier molecular flexibility index (Phi) is 5.18. The molecule has 3 rings (SSSR count). The minimum Gasteiger partial charge on any atom is -0.456 e. The minimum atomic E-state index is -4.08. The quantitative estimate of drug-likeness (QED) is 0.745. The molecule has 0 radical (unpaired) electrons. The number of carbonyl (C=O) groups excluding carboxylic acids is 2. The zero-order valence-electron chi connectivity index (χ0n) is 14.9. The first-order chi connectivity index (χ1) is 13.1. The molecule has 0 spiro atoms. The Bertz CT molecular complexity index is 1080. The van der Waals surface area contributed by atoms with Crippen LogP contribution in [0.4, 0.5) is 0 Å². The molecule has 7 nitrogen and oxygen atoms in total. The number of hydrogen-bond donors (Lipinski definition) is 1. The van der Waals surface area contributed by atoms with Crippen molar-refractivity contribution < 1.29 is 27.5 Å². The average molecular weight is 422 g/mol. The average Bonchev–Trinajstić information content (AvgIpc) is 2.87. The number of halogens is 1. The lowest BCUT2D eigenvalue weighted by molar-refractivity contribution is -0.142. The van der Waals surface area contributed by atoms with E-state index in [0.717, 1.165) is 6.92 Å². The maximum absolute atomic E-state index is 13.0. The molecule has 0 amide bonds. The molecule has 1 aliphatic rings. The molecule has 0 aliphatic carbocycles. The van der Waals surface area contributed by atoms with Crippen LogP contribution < -0.4 is 4.72 Å². The van der Waals surface area contributed by atoms with E-state index in [0.29, 0.717) is 10.6 Å². The van der Waals surface area contributed by atoms with Gasteiger partial charge in [0.05, 0.1) is 4.90 Å². The lowest BCUT2D eigenvalue weighted by Gasteiger charge is -2.24. The van der Waals surface area contributed by atoms with E-state index in [-0.39, 0.29) is 4.90 Å². The Morgan fingerprint density at radius 2 is 1.82 bits per heavy atom. The van der Waals surface area contributed by atoms with Crippen molar-refractivity contribution >= 4 is 33.4 Å². The molecule has 1 heterocycles. The van der Waals surface area contributed by atoms with Crippen LogP contribution in [0.3, 0.4) is 0 Å². The van der Waals surface area contributed by atoms with E-state index in [4.69, 9.17) is 21.1 Å². The number of rotatable bonds is 5. The predicted octanol–water partition coefficient (Wildman–Crippen LogP) is 2.87. The van der Waals surface area contributed by atoms with Crippen molar-refractivity contribution in [2.24, 2.45) is 0 Å². The van der Waals surface area contributed by atoms with Crippen molar-refractivity contribution in [3.05, 3.63) is 76.8 Å². The van der Waals surface area contributed by atoms with Crippen LogP contribution in [-0.4, -0.2) is 20.2 Å². The van der Waals surface area contributed by atoms with E-state index in [1.807, 2.05) is 0 Å².